The van der Waals surface area contributed by atoms with E-state index in [2.05, 4.69) is 4.74 Å². The van der Waals surface area contributed by atoms with Crippen molar-refractivity contribution in [2.45, 2.75) is 25.0 Å². The van der Waals surface area contributed by atoms with Crippen molar-refractivity contribution in [3.05, 3.63) is 23.8 Å². The summed E-state index contributed by atoms with van der Waals surface area (Å²) in [5.74, 6) is 0.459. The monoisotopic (exact) mass is 340 g/mol. The van der Waals surface area contributed by atoms with E-state index in [1.54, 1.807) is 18.2 Å². The van der Waals surface area contributed by atoms with Crippen molar-refractivity contribution in [2.24, 2.45) is 0 Å². The third kappa shape index (κ3) is 5.36. The zero-order valence-electron chi connectivity index (χ0n) is 14.2. The maximum Gasteiger partial charge on any atom is 0.337 e. The Balaban J connectivity index is 1.78. The number of nitrogens with two attached hydrogens (primary N) is 1. The van der Waals surface area contributed by atoms with Gasteiger partial charge in [-0.25, -0.2) is 4.79 Å². The van der Waals surface area contributed by atoms with E-state index in [0.717, 1.165) is 26.0 Å². The van der Waals surface area contributed by atoms with Crippen LogP contribution in [0.25, 0.3) is 0 Å². The lowest BCUT2D eigenvalue weighted by atomic mass is 10.2. The van der Waals surface area contributed by atoms with Gasteiger partial charge in [-0.15, -0.1) is 0 Å². The highest BCUT2D eigenvalue weighted by Crippen LogP contribution is 2.28. The molecule has 1 heterocycles. The van der Waals surface area contributed by atoms with Crippen LogP contribution in [-0.2, 0) is 9.47 Å². The number of carbonyl (C=O) groups is 1. The molecule has 134 valence electrons. The van der Waals surface area contributed by atoms with Crippen LogP contribution in [0, 0.1) is 0 Å². The number of ether oxygens (including phenoxy) is 4. The van der Waals surface area contributed by atoms with Gasteiger partial charge in [0.1, 0.15) is 31.9 Å². The van der Waals surface area contributed by atoms with Crippen LogP contribution >= 0.6 is 0 Å². The minimum absolute atomic E-state index is 0.149. The minimum atomic E-state index is -0.601. The number of aliphatic hydroxyl groups excluding tert-OH is 1. The number of benzene rings is 1. The van der Waals surface area contributed by atoms with Crippen LogP contribution in [0.5, 0.6) is 11.5 Å². The Morgan fingerprint density at radius 1 is 1.42 bits per heavy atom. The first-order valence-corrected chi connectivity index (χ1v) is 8.14. The highest BCUT2D eigenvalue weighted by atomic mass is 16.5. The second-order valence-electron chi connectivity index (χ2n) is 5.72. The molecule has 0 unspecified atom stereocenters. The average molecular weight is 340 g/mol. The molecule has 0 aromatic heterocycles. The lowest BCUT2D eigenvalue weighted by Gasteiger charge is -2.15. The molecule has 1 aromatic rings. The Morgan fingerprint density at radius 2 is 2.25 bits per heavy atom. The van der Waals surface area contributed by atoms with Gasteiger partial charge in [0, 0.05) is 6.61 Å². The van der Waals surface area contributed by atoms with Gasteiger partial charge in [0.25, 0.3) is 0 Å². The summed E-state index contributed by atoms with van der Waals surface area (Å²) in [6.45, 7) is 2.39. The van der Waals surface area contributed by atoms with Gasteiger partial charge in [-0.3, -0.25) is 0 Å². The summed E-state index contributed by atoms with van der Waals surface area (Å²) in [6.07, 6.45) is 1.90. The lowest BCUT2D eigenvalue weighted by Crippen LogP contribution is -2.88. The third-order valence-corrected chi connectivity index (χ3v) is 3.91. The number of quaternary nitrogens is 1. The normalized spacial score (nSPS) is 18.2. The molecule has 2 rings (SSSR count). The van der Waals surface area contributed by atoms with Gasteiger partial charge >= 0.3 is 5.97 Å². The summed E-state index contributed by atoms with van der Waals surface area (Å²) in [7, 11) is 2.82. The van der Waals surface area contributed by atoms with Gasteiger partial charge in [-0.1, -0.05) is 0 Å². The molecule has 0 spiro atoms. The van der Waals surface area contributed by atoms with Crippen LogP contribution in [0.1, 0.15) is 23.2 Å². The highest BCUT2D eigenvalue weighted by molar-refractivity contribution is 5.90. The number of methoxy groups -OCH3 is 2. The molecule has 0 bridgehead atoms. The molecule has 24 heavy (non-hydrogen) atoms. The Bertz CT molecular complexity index is 530. The Labute approximate surface area is 141 Å². The lowest BCUT2D eigenvalue weighted by molar-refractivity contribution is -0.666. The van der Waals surface area contributed by atoms with Crippen LogP contribution in [0.15, 0.2) is 18.2 Å². The van der Waals surface area contributed by atoms with Crippen LogP contribution in [0.2, 0.25) is 0 Å². The quantitative estimate of drug-likeness (QED) is 0.613. The Morgan fingerprint density at radius 3 is 2.92 bits per heavy atom. The van der Waals surface area contributed by atoms with E-state index in [4.69, 9.17) is 14.2 Å². The van der Waals surface area contributed by atoms with Crippen molar-refractivity contribution in [1.29, 1.82) is 0 Å². The first-order chi connectivity index (χ1) is 11.6. The molecule has 0 radical (unpaired) electrons. The zero-order valence-corrected chi connectivity index (χ0v) is 14.2. The molecule has 1 fully saturated rings. The van der Waals surface area contributed by atoms with Gasteiger partial charge in [-0.05, 0) is 31.0 Å². The van der Waals surface area contributed by atoms with Crippen LogP contribution in [0.3, 0.4) is 0 Å². The van der Waals surface area contributed by atoms with Crippen molar-refractivity contribution in [3.8, 4) is 11.5 Å². The van der Waals surface area contributed by atoms with Gasteiger partial charge in [-0.2, -0.15) is 0 Å². The molecule has 1 aliphatic heterocycles. The number of hydrogen-bond acceptors (Lipinski definition) is 6. The van der Waals surface area contributed by atoms with Gasteiger partial charge in [0.05, 0.1) is 19.8 Å². The predicted octanol–water partition coefficient (Wildman–Crippen LogP) is -0.0361. The summed E-state index contributed by atoms with van der Waals surface area (Å²) in [6, 6.07) is 4.78. The standard InChI is InChI=1S/C17H25NO6/c1-21-16-8-12(17(20)22-2)5-6-15(16)24-11-13(19)9-18-10-14-4-3-7-23-14/h5-6,8,13-14,18-19H,3-4,7,9-11H2,1-2H3/p+1/t13-,14+/m1/s1. The zero-order chi connectivity index (χ0) is 17.4. The minimum Gasteiger partial charge on any atom is -0.493 e. The van der Waals surface area contributed by atoms with E-state index < -0.39 is 12.1 Å². The molecular formula is C17H26NO6+. The molecule has 1 aromatic carbocycles. The smallest absolute Gasteiger partial charge is 0.337 e. The van der Waals surface area contributed by atoms with Crippen molar-refractivity contribution in [3.63, 3.8) is 0 Å². The summed E-state index contributed by atoms with van der Waals surface area (Å²) < 4.78 is 21.0. The van der Waals surface area contributed by atoms with Crippen LogP contribution < -0.4 is 14.8 Å². The molecule has 0 aliphatic carbocycles. The Hall–Kier alpha value is -1.83. The molecule has 1 saturated heterocycles. The van der Waals surface area contributed by atoms with E-state index in [1.165, 1.54) is 14.2 Å². The molecule has 7 heteroatoms. The SMILES string of the molecule is COC(=O)c1ccc(OC[C@H](O)C[NH2+]C[C@@H]2CCCO2)c(OC)c1. The van der Waals surface area contributed by atoms with Gasteiger partial charge < -0.3 is 29.4 Å². The summed E-state index contributed by atoms with van der Waals surface area (Å²) in [4.78, 5) is 11.5. The highest BCUT2D eigenvalue weighted by Gasteiger charge is 2.18. The third-order valence-electron chi connectivity index (χ3n) is 3.91. The van der Waals surface area contributed by atoms with E-state index in [1.807, 2.05) is 5.32 Å². The molecule has 0 amide bonds. The van der Waals surface area contributed by atoms with Crippen LogP contribution in [0.4, 0.5) is 0 Å². The number of carbonyl (C=O) groups excluding carboxylic acids is 1. The van der Waals surface area contributed by atoms with E-state index in [9.17, 15) is 9.90 Å². The first-order valence-electron chi connectivity index (χ1n) is 8.14. The first kappa shape index (κ1) is 18.5. The van der Waals surface area contributed by atoms with Crippen molar-refractivity contribution in [2.75, 3.05) is 40.5 Å². The van der Waals surface area contributed by atoms with Crippen molar-refractivity contribution >= 4 is 5.97 Å². The van der Waals surface area contributed by atoms with Crippen molar-refractivity contribution in [1.82, 2.24) is 0 Å². The maximum atomic E-state index is 11.5. The topological polar surface area (TPSA) is 90.8 Å². The second-order valence-corrected chi connectivity index (χ2v) is 5.72. The number of rotatable bonds is 9. The molecule has 2 atom stereocenters. The fourth-order valence-electron chi connectivity index (χ4n) is 2.59. The number of aliphatic hydroxyl groups is 1. The summed E-state index contributed by atoms with van der Waals surface area (Å²) in [5.41, 5.74) is 0.382. The summed E-state index contributed by atoms with van der Waals surface area (Å²) in [5, 5.41) is 12.1. The van der Waals surface area contributed by atoms with Crippen LogP contribution in [-0.4, -0.2) is 63.8 Å². The molecule has 1 aliphatic rings. The molecule has 0 saturated carbocycles. The average Bonchev–Trinajstić information content (AvgIpc) is 3.12. The number of esters is 1. The maximum absolute atomic E-state index is 11.5. The molecule has 3 N–H and O–H groups in total. The fraction of sp³-hybridized carbons (Fsp3) is 0.588. The van der Waals surface area contributed by atoms with Gasteiger partial charge in [0.2, 0.25) is 0 Å². The fourth-order valence-corrected chi connectivity index (χ4v) is 2.59. The molecule has 7 nitrogen and oxygen atoms in total. The van der Waals surface area contributed by atoms with E-state index >= 15 is 0 Å². The largest absolute Gasteiger partial charge is 0.493 e. The van der Waals surface area contributed by atoms with Gasteiger partial charge in [0.15, 0.2) is 11.5 Å². The predicted molar refractivity (Wildman–Crippen MR) is 86.5 cm³/mol. The van der Waals surface area contributed by atoms with E-state index in [0.29, 0.717) is 29.7 Å². The summed E-state index contributed by atoms with van der Waals surface area (Å²) >= 11 is 0. The molecular weight excluding hydrogens is 314 g/mol. The number of hydrogen-bond donors (Lipinski definition) is 2. The second kappa shape index (κ2) is 9.46. The van der Waals surface area contributed by atoms with E-state index in [-0.39, 0.29) is 6.61 Å². The Kier molecular flexibility index (Phi) is 7.30. The van der Waals surface area contributed by atoms with Crippen molar-refractivity contribution < 1.29 is 34.2 Å².